The van der Waals surface area contributed by atoms with Crippen molar-refractivity contribution in [3.05, 3.63) is 54.0 Å². The van der Waals surface area contributed by atoms with E-state index < -0.39 is 5.97 Å². The number of nitrogens with one attached hydrogen (secondary N) is 1. The summed E-state index contributed by atoms with van der Waals surface area (Å²) >= 11 is 0. The molecule has 0 saturated carbocycles. The average molecular weight is 271 g/mol. The van der Waals surface area contributed by atoms with Crippen LogP contribution in [0.25, 0.3) is 0 Å². The van der Waals surface area contributed by atoms with Crippen LogP contribution in [0.2, 0.25) is 0 Å². The number of rotatable bonds is 6. The summed E-state index contributed by atoms with van der Waals surface area (Å²) in [5.41, 5.74) is 1.53. The molecule has 1 aromatic heterocycles. The Morgan fingerprint density at radius 1 is 1.20 bits per heavy atom. The van der Waals surface area contributed by atoms with Crippen molar-refractivity contribution in [3.63, 3.8) is 0 Å². The van der Waals surface area contributed by atoms with Crippen LogP contribution in [-0.2, 0) is 11.2 Å². The van der Waals surface area contributed by atoms with Gasteiger partial charge >= 0.3 is 5.97 Å². The highest BCUT2D eigenvalue weighted by Gasteiger charge is 2.06. The molecular formula is C15H17N3O2. The van der Waals surface area contributed by atoms with E-state index in [2.05, 4.69) is 32.2 Å². The monoisotopic (exact) mass is 271 g/mol. The topological polar surface area (TPSA) is 64.1 Å². The van der Waals surface area contributed by atoms with Crippen LogP contribution in [0.3, 0.4) is 0 Å². The minimum absolute atomic E-state index is 0.210. The molecule has 0 fully saturated rings. The summed E-state index contributed by atoms with van der Waals surface area (Å²) in [5.74, 6) is 0.179. The Bertz CT molecular complexity index is 541. The Labute approximate surface area is 118 Å². The van der Waals surface area contributed by atoms with E-state index in [1.165, 1.54) is 25.1 Å². The number of esters is 1. The number of carbonyl (C=O) groups is 1. The molecule has 0 aliphatic heterocycles. The van der Waals surface area contributed by atoms with Gasteiger partial charge in [0.05, 0.1) is 19.5 Å². The molecule has 5 heteroatoms. The van der Waals surface area contributed by atoms with Crippen LogP contribution in [0.4, 0.5) is 5.82 Å². The van der Waals surface area contributed by atoms with Crippen molar-refractivity contribution in [1.29, 1.82) is 0 Å². The maximum atomic E-state index is 11.2. The molecule has 0 amide bonds. The fourth-order valence-electron chi connectivity index (χ4n) is 1.78. The van der Waals surface area contributed by atoms with Gasteiger partial charge in [0, 0.05) is 6.54 Å². The zero-order valence-electron chi connectivity index (χ0n) is 11.4. The van der Waals surface area contributed by atoms with Gasteiger partial charge in [0.25, 0.3) is 0 Å². The summed E-state index contributed by atoms with van der Waals surface area (Å²) in [6.07, 6.45) is 4.96. The molecule has 2 aromatic rings. The van der Waals surface area contributed by atoms with Crippen LogP contribution in [0.5, 0.6) is 0 Å². The molecule has 0 unspecified atom stereocenters. The van der Waals surface area contributed by atoms with Crippen LogP contribution >= 0.6 is 0 Å². The Morgan fingerprint density at radius 3 is 2.65 bits per heavy atom. The van der Waals surface area contributed by atoms with Crippen molar-refractivity contribution in [1.82, 2.24) is 9.97 Å². The molecule has 0 atom stereocenters. The Hall–Kier alpha value is -2.43. The minimum atomic E-state index is -0.479. The maximum absolute atomic E-state index is 11.2. The highest BCUT2D eigenvalue weighted by atomic mass is 16.5. The highest BCUT2D eigenvalue weighted by molar-refractivity contribution is 5.86. The van der Waals surface area contributed by atoms with Gasteiger partial charge in [-0.25, -0.2) is 14.8 Å². The van der Waals surface area contributed by atoms with Crippen LogP contribution in [0.15, 0.2) is 42.7 Å². The van der Waals surface area contributed by atoms with Crippen molar-refractivity contribution >= 4 is 11.8 Å². The summed E-state index contributed by atoms with van der Waals surface area (Å²) in [5, 5.41) is 3.17. The lowest BCUT2D eigenvalue weighted by Gasteiger charge is -2.05. The van der Waals surface area contributed by atoms with Crippen molar-refractivity contribution in [2.75, 3.05) is 19.0 Å². The maximum Gasteiger partial charge on any atom is 0.358 e. The fraction of sp³-hybridized carbons (Fsp3) is 0.267. The van der Waals surface area contributed by atoms with E-state index in [0.29, 0.717) is 5.82 Å². The number of hydrogen-bond donors (Lipinski definition) is 1. The van der Waals surface area contributed by atoms with E-state index >= 15 is 0 Å². The summed E-state index contributed by atoms with van der Waals surface area (Å²) in [6.45, 7) is 0.807. The second-order valence-electron chi connectivity index (χ2n) is 4.29. The largest absolute Gasteiger partial charge is 0.464 e. The second-order valence-corrected chi connectivity index (χ2v) is 4.29. The van der Waals surface area contributed by atoms with Crippen molar-refractivity contribution in [2.45, 2.75) is 12.8 Å². The van der Waals surface area contributed by atoms with Crippen molar-refractivity contribution in [2.24, 2.45) is 0 Å². The number of aromatic nitrogens is 2. The Balaban J connectivity index is 1.75. The molecule has 0 saturated heterocycles. The summed E-state index contributed by atoms with van der Waals surface area (Å²) in [6, 6.07) is 10.3. The van der Waals surface area contributed by atoms with Crippen LogP contribution < -0.4 is 5.32 Å². The minimum Gasteiger partial charge on any atom is -0.464 e. The number of benzene rings is 1. The molecule has 104 valence electrons. The van der Waals surface area contributed by atoms with E-state index in [4.69, 9.17) is 0 Å². The molecule has 0 spiro atoms. The van der Waals surface area contributed by atoms with E-state index in [-0.39, 0.29) is 5.69 Å². The first-order chi connectivity index (χ1) is 9.79. The molecule has 0 aliphatic carbocycles. The van der Waals surface area contributed by atoms with Crippen LogP contribution in [-0.4, -0.2) is 29.6 Å². The number of anilines is 1. The number of aryl methyl sites for hydroxylation is 1. The molecule has 5 nitrogen and oxygen atoms in total. The molecule has 0 bridgehead atoms. The van der Waals surface area contributed by atoms with Gasteiger partial charge in [-0.05, 0) is 18.4 Å². The Morgan fingerprint density at radius 2 is 2.00 bits per heavy atom. The fourth-order valence-corrected chi connectivity index (χ4v) is 1.78. The zero-order chi connectivity index (χ0) is 14.2. The third kappa shape index (κ3) is 4.05. The van der Waals surface area contributed by atoms with Gasteiger partial charge in [-0.1, -0.05) is 30.3 Å². The molecule has 1 aromatic carbocycles. The molecule has 0 radical (unpaired) electrons. The van der Waals surface area contributed by atoms with Crippen LogP contribution in [0.1, 0.15) is 22.5 Å². The van der Waals surface area contributed by atoms with Gasteiger partial charge in [0.2, 0.25) is 0 Å². The van der Waals surface area contributed by atoms with Crippen molar-refractivity contribution in [3.8, 4) is 0 Å². The van der Waals surface area contributed by atoms with Gasteiger partial charge < -0.3 is 10.1 Å². The third-order valence-corrected chi connectivity index (χ3v) is 2.84. The summed E-state index contributed by atoms with van der Waals surface area (Å²) < 4.78 is 4.56. The average Bonchev–Trinajstić information content (AvgIpc) is 2.52. The van der Waals surface area contributed by atoms with Gasteiger partial charge in [-0.15, -0.1) is 0 Å². The first-order valence-corrected chi connectivity index (χ1v) is 6.48. The standard InChI is InChI=1S/C15H17N3O2/c1-20-15(19)13-10-18-14(11-17-13)16-9-5-8-12-6-3-2-4-7-12/h2-4,6-7,10-11H,5,8-9H2,1H3,(H,16,18). The predicted octanol–water partition coefficient (Wildman–Crippen LogP) is 2.31. The SMILES string of the molecule is COC(=O)c1cnc(NCCCc2ccccc2)cn1. The lowest BCUT2D eigenvalue weighted by Crippen LogP contribution is -2.08. The molecule has 20 heavy (non-hydrogen) atoms. The number of carbonyl (C=O) groups excluding carboxylic acids is 1. The second kappa shape index (κ2) is 7.23. The number of methoxy groups -OCH3 is 1. The number of nitrogens with zero attached hydrogens (tertiary/aromatic N) is 2. The normalized spacial score (nSPS) is 10.1. The van der Waals surface area contributed by atoms with Gasteiger partial charge in [-0.3, -0.25) is 0 Å². The van der Waals surface area contributed by atoms with E-state index in [1.807, 2.05) is 18.2 Å². The molecule has 0 aliphatic rings. The zero-order valence-corrected chi connectivity index (χ0v) is 11.4. The van der Waals surface area contributed by atoms with Crippen LogP contribution in [0, 0.1) is 0 Å². The number of ether oxygens (including phenoxy) is 1. The van der Waals surface area contributed by atoms with E-state index in [0.717, 1.165) is 19.4 Å². The highest BCUT2D eigenvalue weighted by Crippen LogP contribution is 2.05. The number of hydrogen-bond acceptors (Lipinski definition) is 5. The smallest absolute Gasteiger partial charge is 0.358 e. The lowest BCUT2D eigenvalue weighted by molar-refractivity contribution is 0.0593. The van der Waals surface area contributed by atoms with Gasteiger partial charge in [0.15, 0.2) is 5.69 Å². The lowest BCUT2D eigenvalue weighted by atomic mass is 10.1. The summed E-state index contributed by atoms with van der Waals surface area (Å²) in [7, 11) is 1.32. The van der Waals surface area contributed by atoms with Gasteiger partial charge in [0.1, 0.15) is 5.82 Å². The first-order valence-electron chi connectivity index (χ1n) is 6.48. The Kier molecular flexibility index (Phi) is 5.06. The predicted molar refractivity (Wildman–Crippen MR) is 76.6 cm³/mol. The summed E-state index contributed by atoms with van der Waals surface area (Å²) in [4.78, 5) is 19.3. The van der Waals surface area contributed by atoms with E-state index in [1.54, 1.807) is 0 Å². The van der Waals surface area contributed by atoms with E-state index in [9.17, 15) is 4.79 Å². The van der Waals surface area contributed by atoms with Gasteiger partial charge in [-0.2, -0.15) is 0 Å². The first kappa shape index (κ1) is 14.0. The van der Waals surface area contributed by atoms with Crippen molar-refractivity contribution < 1.29 is 9.53 Å². The molecule has 1 heterocycles. The molecule has 2 rings (SSSR count). The third-order valence-electron chi connectivity index (χ3n) is 2.84. The quantitative estimate of drug-likeness (QED) is 0.645. The molecular weight excluding hydrogens is 254 g/mol. The molecule has 1 N–H and O–H groups in total.